The number of carbonyl (C=O) groups excluding carboxylic acids is 1. The van der Waals surface area contributed by atoms with Gasteiger partial charge in [0.05, 0.1) is 5.69 Å². The van der Waals surface area contributed by atoms with Gasteiger partial charge in [-0.05, 0) is 54.9 Å². The summed E-state index contributed by atoms with van der Waals surface area (Å²) >= 11 is 1.56. The quantitative estimate of drug-likeness (QED) is 0.874. The topological polar surface area (TPSA) is 51.2 Å². The molecule has 0 radical (unpaired) electrons. The third-order valence-corrected chi connectivity index (χ3v) is 5.63. The van der Waals surface area contributed by atoms with E-state index >= 15 is 0 Å². The zero-order chi connectivity index (χ0) is 18.0. The van der Waals surface area contributed by atoms with Crippen molar-refractivity contribution in [2.45, 2.75) is 40.0 Å². The molecule has 25 heavy (non-hydrogen) atoms. The Hall–Kier alpha value is -1.95. The zero-order valence-electron chi connectivity index (χ0n) is 14.8. The van der Waals surface area contributed by atoms with Crippen LogP contribution in [0.1, 0.15) is 37.8 Å². The van der Waals surface area contributed by atoms with Crippen LogP contribution in [0.5, 0.6) is 5.75 Å². The average molecular weight is 362 g/mol. The summed E-state index contributed by atoms with van der Waals surface area (Å²) in [6, 6.07) is 5.59. The van der Waals surface area contributed by atoms with Gasteiger partial charge in [-0.2, -0.15) is 0 Å². The van der Waals surface area contributed by atoms with Crippen LogP contribution < -0.4 is 10.1 Å². The number of halogens is 1. The Bertz CT molecular complexity index is 750. The van der Waals surface area contributed by atoms with Gasteiger partial charge in [-0.15, -0.1) is 11.3 Å². The molecule has 1 amide bonds. The minimum absolute atomic E-state index is 0.125. The molecule has 6 heteroatoms. The smallest absolute Gasteiger partial charge is 0.264 e. The molecule has 0 unspecified atom stereocenters. The molecule has 4 nitrogen and oxygen atoms in total. The lowest BCUT2D eigenvalue weighted by molar-refractivity contribution is -0.118. The summed E-state index contributed by atoms with van der Waals surface area (Å²) < 4.78 is 18.2. The molecule has 0 saturated heterocycles. The molecule has 1 aliphatic rings. The van der Waals surface area contributed by atoms with Crippen LogP contribution in [0.3, 0.4) is 0 Å². The molecule has 0 aliphatic heterocycles. The van der Waals surface area contributed by atoms with Crippen molar-refractivity contribution in [3.05, 3.63) is 40.7 Å². The number of nitrogens with one attached hydrogen (secondary N) is 1. The molecule has 0 spiro atoms. The summed E-state index contributed by atoms with van der Waals surface area (Å²) in [5, 5.41) is 3.44. The van der Waals surface area contributed by atoms with Crippen LogP contribution >= 0.6 is 11.3 Å². The highest BCUT2D eigenvalue weighted by Crippen LogP contribution is 2.40. The van der Waals surface area contributed by atoms with E-state index in [4.69, 9.17) is 4.74 Å². The molecule has 1 aromatic heterocycles. The van der Waals surface area contributed by atoms with Crippen LogP contribution in [0.15, 0.2) is 24.3 Å². The number of aromatic nitrogens is 1. The summed E-state index contributed by atoms with van der Waals surface area (Å²) in [5.74, 6) is 0.510. The van der Waals surface area contributed by atoms with Gasteiger partial charge in [0.15, 0.2) is 11.7 Å². The lowest BCUT2D eigenvalue weighted by Gasteiger charge is -2.33. The number of hydrogen-bond acceptors (Lipinski definition) is 4. The molecule has 1 atom stereocenters. The summed E-state index contributed by atoms with van der Waals surface area (Å²) in [5.41, 5.74) is 1.40. The molecule has 0 fully saturated rings. The molecule has 1 N–H and O–H groups in total. The maximum absolute atomic E-state index is 12.8. The fourth-order valence-corrected chi connectivity index (χ4v) is 4.11. The van der Waals surface area contributed by atoms with E-state index in [-0.39, 0.29) is 23.7 Å². The van der Waals surface area contributed by atoms with Gasteiger partial charge in [-0.3, -0.25) is 10.1 Å². The Morgan fingerprint density at radius 2 is 2.08 bits per heavy atom. The maximum Gasteiger partial charge on any atom is 0.264 e. The third-order valence-electron chi connectivity index (χ3n) is 4.59. The molecular weight excluding hydrogens is 339 g/mol. The summed E-state index contributed by atoms with van der Waals surface area (Å²) in [6.45, 7) is 6.71. The van der Waals surface area contributed by atoms with E-state index < -0.39 is 0 Å². The lowest BCUT2D eigenvalue weighted by atomic mass is 9.73. The van der Waals surface area contributed by atoms with Crippen LogP contribution in [0, 0.1) is 17.2 Å². The number of carbonyl (C=O) groups is 1. The number of aryl methyl sites for hydroxylation is 1. The molecule has 1 aliphatic carbocycles. The zero-order valence-corrected chi connectivity index (χ0v) is 15.6. The molecule has 134 valence electrons. The second-order valence-corrected chi connectivity index (χ2v) is 8.57. The van der Waals surface area contributed by atoms with Crippen molar-refractivity contribution in [2.75, 3.05) is 11.9 Å². The van der Waals surface area contributed by atoms with Crippen LogP contribution in [0.2, 0.25) is 0 Å². The molecule has 1 heterocycles. The Morgan fingerprint density at radius 1 is 1.36 bits per heavy atom. The van der Waals surface area contributed by atoms with Crippen molar-refractivity contribution in [2.24, 2.45) is 11.3 Å². The second-order valence-electron chi connectivity index (χ2n) is 7.49. The SMILES string of the molecule is CC(C)(C)[C@H]1CCc2nc(NC(=O)COc3ccc(F)cc3)sc2C1. The standard InChI is InChI=1S/C19H23FN2O2S/c1-19(2,3)12-4-9-15-16(10-12)25-18(21-15)22-17(23)11-24-14-7-5-13(20)6-8-14/h5-8,12H,4,9-11H2,1-3H3,(H,21,22,23)/t12-/m0/s1. The molecular formula is C19H23FN2O2S. The summed E-state index contributed by atoms with van der Waals surface area (Å²) in [6.07, 6.45) is 3.13. The normalized spacial score (nSPS) is 17.0. The van der Waals surface area contributed by atoms with Crippen molar-refractivity contribution in [1.82, 2.24) is 4.98 Å². The van der Waals surface area contributed by atoms with Gasteiger partial charge in [0, 0.05) is 4.88 Å². The minimum Gasteiger partial charge on any atom is -0.484 e. The Balaban J connectivity index is 1.56. The van der Waals surface area contributed by atoms with Crippen LogP contribution in [0.4, 0.5) is 9.52 Å². The molecule has 2 aromatic rings. The van der Waals surface area contributed by atoms with Gasteiger partial charge in [-0.25, -0.2) is 9.37 Å². The third kappa shape index (κ3) is 4.57. The van der Waals surface area contributed by atoms with E-state index in [0.29, 0.717) is 16.8 Å². The van der Waals surface area contributed by atoms with Crippen LogP contribution in [0.25, 0.3) is 0 Å². The van der Waals surface area contributed by atoms with E-state index in [2.05, 4.69) is 31.1 Å². The van der Waals surface area contributed by atoms with Gasteiger partial charge in [0.1, 0.15) is 11.6 Å². The number of anilines is 1. The number of amides is 1. The maximum atomic E-state index is 12.8. The summed E-state index contributed by atoms with van der Waals surface area (Å²) in [4.78, 5) is 17.9. The van der Waals surface area contributed by atoms with E-state index in [0.717, 1.165) is 25.0 Å². The van der Waals surface area contributed by atoms with Gasteiger partial charge in [-0.1, -0.05) is 20.8 Å². The first kappa shape index (κ1) is 17.9. The van der Waals surface area contributed by atoms with Crippen molar-refractivity contribution < 1.29 is 13.9 Å². The highest BCUT2D eigenvalue weighted by Gasteiger charge is 2.30. The van der Waals surface area contributed by atoms with Gasteiger partial charge >= 0.3 is 0 Å². The van der Waals surface area contributed by atoms with Gasteiger partial charge in [0.2, 0.25) is 0 Å². The predicted molar refractivity (Wildman–Crippen MR) is 97.6 cm³/mol. The van der Waals surface area contributed by atoms with E-state index in [1.165, 1.54) is 29.1 Å². The fraction of sp³-hybridized carbons (Fsp3) is 0.474. The number of benzene rings is 1. The minimum atomic E-state index is -0.335. The van der Waals surface area contributed by atoms with Crippen LogP contribution in [-0.2, 0) is 17.6 Å². The first-order valence-electron chi connectivity index (χ1n) is 8.48. The van der Waals surface area contributed by atoms with Gasteiger partial charge < -0.3 is 4.74 Å². The number of hydrogen-bond donors (Lipinski definition) is 1. The number of fused-ring (bicyclic) bond motifs is 1. The Kier molecular flexibility index (Phi) is 5.08. The van der Waals surface area contributed by atoms with Crippen molar-refractivity contribution in [3.63, 3.8) is 0 Å². The first-order chi connectivity index (χ1) is 11.8. The number of rotatable bonds is 4. The van der Waals surface area contributed by atoms with E-state index in [9.17, 15) is 9.18 Å². The van der Waals surface area contributed by atoms with Crippen LogP contribution in [-0.4, -0.2) is 17.5 Å². The van der Waals surface area contributed by atoms with E-state index in [1.807, 2.05) is 0 Å². The molecule has 3 rings (SSSR count). The number of thiazole rings is 1. The number of ether oxygens (including phenoxy) is 1. The van der Waals surface area contributed by atoms with Crippen molar-refractivity contribution in [1.29, 1.82) is 0 Å². The van der Waals surface area contributed by atoms with E-state index in [1.54, 1.807) is 11.3 Å². The lowest BCUT2D eigenvalue weighted by Crippen LogP contribution is -2.26. The Labute approximate surface area is 151 Å². The first-order valence-corrected chi connectivity index (χ1v) is 9.30. The Morgan fingerprint density at radius 3 is 2.76 bits per heavy atom. The largest absolute Gasteiger partial charge is 0.484 e. The van der Waals surface area contributed by atoms with Crippen molar-refractivity contribution in [3.8, 4) is 5.75 Å². The second kappa shape index (κ2) is 7.12. The molecule has 1 aromatic carbocycles. The van der Waals surface area contributed by atoms with Gasteiger partial charge in [0.25, 0.3) is 5.91 Å². The predicted octanol–water partition coefficient (Wildman–Crippen LogP) is 4.45. The molecule has 0 saturated carbocycles. The van der Waals surface area contributed by atoms with Crippen molar-refractivity contribution >= 4 is 22.4 Å². The summed E-state index contributed by atoms with van der Waals surface area (Å²) in [7, 11) is 0. The molecule has 0 bridgehead atoms. The fourth-order valence-electron chi connectivity index (χ4n) is 3.00. The monoisotopic (exact) mass is 362 g/mol. The average Bonchev–Trinajstić information content (AvgIpc) is 2.94. The number of nitrogens with zero attached hydrogens (tertiary/aromatic N) is 1. The highest BCUT2D eigenvalue weighted by molar-refractivity contribution is 7.15. The highest BCUT2D eigenvalue weighted by atomic mass is 32.1.